The molecular weight excluding hydrogens is 358 g/mol. The highest BCUT2D eigenvalue weighted by molar-refractivity contribution is 6.31. The maximum atomic E-state index is 12.6. The third-order valence-corrected chi connectivity index (χ3v) is 5.37. The van der Waals surface area contributed by atoms with Crippen LogP contribution < -0.4 is 4.90 Å². The lowest BCUT2D eigenvalue weighted by Crippen LogP contribution is -2.49. The first-order chi connectivity index (χ1) is 13.1. The molecule has 0 N–H and O–H groups in total. The van der Waals surface area contributed by atoms with Crippen LogP contribution in [-0.4, -0.2) is 42.0 Å². The van der Waals surface area contributed by atoms with Crippen molar-refractivity contribution in [2.45, 2.75) is 13.3 Å². The maximum Gasteiger partial charge on any atom is 0.227 e. The fraction of sp³-hybridized carbons (Fsp3) is 0.273. The molecule has 2 heterocycles. The van der Waals surface area contributed by atoms with Gasteiger partial charge < -0.3 is 9.80 Å². The molecule has 0 radical (unpaired) electrons. The van der Waals surface area contributed by atoms with Crippen molar-refractivity contribution in [3.63, 3.8) is 0 Å². The van der Waals surface area contributed by atoms with E-state index in [2.05, 4.69) is 28.9 Å². The highest BCUT2D eigenvalue weighted by Crippen LogP contribution is 2.28. The summed E-state index contributed by atoms with van der Waals surface area (Å²) in [5.41, 5.74) is 4.34. The monoisotopic (exact) mass is 379 g/mol. The number of aryl methyl sites for hydroxylation is 1. The molecule has 0 spiro atoms. The molecule has 1 fully saturated rings. The van der Waals surface area contributed by atoms with Crippen LogP contribution in [-0.2, 0) is 11.2 Å². The van der Waals surface area contributed by atoms with Crippen molar-refractivity contribution in [2.75, 3.05) is 31.1 Å². The standard InChI is InChI=1S/C22H22ClN3O/c1-16-2-4-17(5-3-16)14-22(27)26-12-10-25(11-13-26)21-8-9-24-20-15-18(23)6-7-19(20)21/h2-9,15H,10-14H2,1H3. The highest BCUT2D eigenvalue weighted by atomic mass is 35.5. The summed E-state index contributed by atoms with van der Waals surface area (Å²) in [6.45, 7) is 5.18. The molecule has 5 heteroatoms. The Morgan fingerprint density at radius 1 is 1.04 bits per heavy atom. The van der Waals surface area contributed by atoms with E-state index in [1.165, 1.54) is 5.56 Å². The van der Waals surface area contributed by atoms with E-state index in [1.807, 2.05) is 47.5 Å². The van der Waals surface area contributed by atoms with E-state index in [4.69, 9.17) is 11.6 Å². The minimum atomic E-state index is 0.199. The van der Waals surface area contributed by atoms with E-state index < -0.39 is 0 Å². The van der Waals surface area contributed by atoms with Gasteiger partial charge in [-0.25, -0.2) is 0 Å². The number of amides is 1. The summed E-state index contributed by atoms with van der Waals surface area (Å²) in [4.78, 5) is 21.3. The molecule has 0 atom stereocenters. The number of aromatic nitrogens is 1. The van der Waals surface area contributed by atoms with Crippen LogP contribution in [0.5, 0.6) is 0 Å². The van der Waals surface area contributed by atoms with E-state index in [-0.39, 0.29) is 5.91 Å². The molecule has 27 heavy (non-hydrogen) atoms. The average molecular weight is 380 g/mol. The molecule has 2 aromatic carbocycles. The molecule has 0 saturated carbocycles. The van der Waals surface area contributed by atoms with Gasteiger partial charge in [0.05, 0.1) is 11.9 Å². The zero-order valence-electron chi connectivity index (χ0n) is 15.4. The van der Waals surface area contributed by atoms with Gasteiger partial charge in [-0.3, -0.25) is 9.78 Å². The normalized spacial score (nSPS) is 14.6. The lowest BCUT2D eigenvalue weighted by atomic mass is 10.1. The van der Waals surface area contributed by atoms with Crippen LogP contribution in [0.1, 0.15) is 11.1 Å². The van der Waals surface area contributed by atoms with Crippen molar-refractivity contribution >= 4 is 34.1 Å². The summed E-state index contributed by atoms with van der Waals surface area (Å²) in [6, 6.07) is 16.0. The summed E-state index contributed by atoms with van der Waals surface area (Å²) in [7, 11) is 0. The summed E-state index contributed by atoms with van der Waals surface area (Å²) >= 11 is 6.09. The summed E-state index contributed by atoms with van der Waals surface area (Å²) in [5.74, 6) is 0.199. The van der Waals surface area contributed by atoms with E-state index >= 15 is 0 Å². The zero-order valence-corrected chi connectivity index (χ0v) is 16.1. The number of hydrogen-bond acceptors (Lipinski definition) is 3. The molecule has 4 rings (SSSR count). The molecular formula is C22H22ClN3O. The Bertz CT molecular complexity index is 963. The van der Waals surface area contributed by atoms with Crippen molar-refractivity contribution in [3.05, 3.63) is 70.9 Å². The van der Waals surface area contributed by atoms with Gasteiger partial charge in [0.25, 0.3) is 0 Å². The smallest absolute Gasteiger partial charge is 0.227 e. The Labute approximate surface area is 164 Å². The number of carbonyl (C=O) groups excluding carboxylic acids is 1. The van der Waals surface area contributed by atoms with E-state index in [0.717, 1.165) is 48.3 Å². The van der Waals surface area contributed by atoms with Crippen LogP contribution in [0.15, 0.2) is 54.7 Å². The lowest BCUT2D eigenvalue weighted by Gasteiger charge is -2.36. The third-order valence-electron chi connectivity index (χ3n) is 5.13. The van der Waals surface area contributed by atoms with Gasteiger partial charge in [-0.05, 0) is 36.8 Å². The minimum absolute atomic E-state index is 0.199. The number of halogens is 1. The molecule has 0 unspecified atom stereocenters. The predicted octanol–water partition coefficient (Wildman–Crippen LogP) is 4.09. The molecule has 1 saturated heterocycles. The molecule has 1 aliphatic rings. The summed E-state index contributed by atoms with van der Waals surface area (Å²) < 4.78 is 0. The van der Waals surface area contributed by atoms with Crippen LogP contribution in [0.25, 0.3) is 10.9 Å². The average Bonchev–Trinajstić information content (AvgIpc) is 2.69. The fourth-order valence-corrected chi connectivity index (χ4v) is 3.74. The number of benzene rings is 2. The quantitative estimate of drug-likeness (QED) is 0.687. The second-order valence-electron chi connectivity index (χ2n) is 7.02. The van der Waals surface area contributed by atoms with Crippen LogP contribution in [0.3, 0.4) is 0 Å². The van der Waals surface area contributed by atoms with Crippen LogP contribution in [0, 0.1) is 6.92 Å². The van der Waals surface area contributed by atoms with E-state index in [1.54, 1.807) is 0 Å². The molecule has 4 nitrogen and oxygen atoms in total. The molecule has 1 amide bonds. The SMILES string of the molecule is Cc1ccc(CC(=O)N2CCN(c3ccnc4cc(Cl)ccc34)CC2)cc1. The number of anilines is 1. The Balaban J connectivity index is 1.43. The summed E-state index contributed by atoms with van der Waals surface area (Å²) in [5, 5.41) is 1.79. The van der Waals surface area contributed by atoms with Gasteiger partial charge >= 0.3 is 0 Å². The number of piperazine rings is 1. The summed E-state index contributed by atoms with van der Waals surface area (Å²) in [6.07, 6.45) is 2.29. The molecule has 0 bridgehead atoms. The zero-order chi connectivity index (χ0) is 18.8. The Hall–Kier alpha value is -2.59. The highest BCUT2D eigenvalue weighted by Gasteiger charge is 2.22. The first-order valence-corrected chi connectivity index (χ1v) is 9.60. The number of nitrogens with zero attached hydrogens (tertiary/aromatic N) is 3. The first kappa shape index (κ1) is 17.8. The van der Waals surface area contributed by atoms with Crippen LogP contribution in [0.4, 0.5) is 5.69 Å². The second kappa shape index (κ2) is 7.57. The number of hydrogen-bond donors (Lipinski definition) is 0. The van der Waals surface area contributed by atoms with Gasteiger partial charge in [0.2, 0.25) is 5.91 Å². The number of carbonyl (C=O) groups is 1. The van der Waals surface area contributed by atoms with Gasteiger partial charge in [-0.2, -0.15) is 0 Å². The van der Waals surface area contributed by atoms with Crippen molar-refractivity contribution in [2.24, 2.45) is 0 Å². The van der Waals surface area contributed by atoms with Crippen molar-refractivity contribution in [1.29, 1.82) is 0 Å². The molecule has 138 valence electrons. The maximum absolute atomic E-state index is 12.6. The van der Waals surface area contributed by atoms with E-state index in [9.17, 15) is 4.79 Å². The molecule has 0 aliphatic carbocycles. The molecule has 1 aromatic heterocycles. The number of pyridine rings is 1. The fourth-order valence-electron chi connectivity index (χ4n) is 3.57. The Morgan fingerprint density at radius 3 is 2.52 bits per heavy atom. The largest absolute Gasteiger partial charge is 0.367 e. The topological polar surface area (TPSA) is 36.4 Å². The Kier molecular flexibility index (Phi) is 4.99. The molecule has 3 aromatic rings. The number of rotatable bonds is 3. The first-order valence-electron chi connectivity index (χ1n) is 9.23. The predicted molar refractivity (Wildman–Crippen MR) is 110 cm³/mol. The minimum Gasteiger partial charge on any atom is -0.367 e. The third kappa shape index (κ3) is 3.91. The lowest BCUT2D eigenvalue weighted by molar-refractivity contribution is -0.130. The van der Waals surface area contributed by atoms with Crippen LogP contribution in [0.2, 0.25) is 5.02 Å². The number of fused-ring (bicyclic) bond motifs is 1. The van der Waals surface area contributed by atoms with Gasteiger partial charge in [0, 0.05) is 48.5 Å². The van der Waals surface area contributed by atoms with Gasteiger partial charge in [0.1, 0.15) is 0 Å². The molecule has 1 aliphatic heterocycles. The van der Waals surface area contributed by atoms with Gasteiger partial charge in [0.15, 0.2) is 0 Å². The van der Waals surface area contributed by atoms with Gasteiger partial charge in [-0.15, -0.1) is 0 Å². The van der Waals surface area contributed by atoms with Crippen LogP contribution >= 0.6 is 11.6 Å². The van der Waals surface area contributed by atoms with Crippen molar-refractivity contribution in [3.8, 4) is 0 Å². The van der Waals surface area contributed by atoms with Crippen molar-refractivity contribution in [1.82, 2.24) is 9.88 Å². The van der Waals surface area contributed by atoms with Gasteiger partial charge in [-0.1, -0.05) is 41.4 Å². The van der Waals surface area contributed by atoms with E-state index in [0.29, 0.717) is 11.4 Å². The second-order valence-corrected chi connectivity index (χ2v) is 7.46. The Morgan fingerprint density at radius 2 is 1.78 bits per heavy atom. The van der Waals surface area contributed by atoms with Crippen molar-refractivity contribution < 1.29 is 4.79 Å².